The third-order valence-electron chi connectivity index (χ3n) is 3.46. The predicted octanol–water partition coefficient (Wildman–Crippen LogP) is 2.81. The van der Waals surface area contributed by atoms with E-state index in [9.17, 15) is 26.4 Å². The van der Waals surface area contributed by atoms with Crippen LogP contribution < -0.4 is 4.74 Å². The zero-order valence-electron chi connectivity index (χ0n) is 14.0. The van der Waals surface area contributed by atoms with Gasteiger partial charge in [0.05, 0.1) is 18.6 Å². The number of nitrogens with zero attached hydrogens (tertiary/aromatic N) is 2. The Morgan fingerprint density at radius 2 is 1.89 bits per heavy atom. The van der Waals surface area contributed by atoms with Crippen molar-refractivity contribution in [2.24, 2.45) is 0 Å². The first kappa shape index (κ1) is 20.6. The lowest BCUT2D eigenvalue weighted by Crippen LogP contribution is -2.17. The number of para-hydroxylation sites is 1. The van der Waals surface area contributed by atoms with Crippen LogP contribution in [0.25, 0.3) is 11.3 Å². The van der Waals surface area contributed by atoms with Crippen LogP contribution in [0.15, 0.2) is 35.5 Å². The number of benzene rings is 1. The molecule has 1 aromatic heterocycles. The number of hydrogen-bond acceptors (Lipinski definition) is 6. The Hall–Kier alpha value is -2.69. The van der Waals surface area contributed by atoms with Gasteiger partial charge in [-0.15, -0.1) is 0 Å². The fraction of sp³-hybridized carbons (Fsp3) is 0.312. The SMILES string of the molecule is COc1ccccc1-c1cc(C(F)(F)F)nc(S(=O)(=O)CCCC(=O)O)n1. The second kappa shape index (κ2) is 7.91. The van der Waals surface area contributed by atoms with E-state index >= 15 is 0 Å². The van der Waals surface area contributed by atoms with Gasteiger partial charge in [-0.1, -0.05) is 12.1 Å². The summed E-state index contributed by atoms with van der Waals surface area (Å²) in [4.78, 5) is 17.4. The molecule has 0 amide bonds. The van der Waals surface area contributed by atoms with E-state index in [0.29, 0.717) is 6.07 Å². The lowest BCUT2D eigenvalue weighted by atomic mass is 10.1. The zero-order valence-corrected chi connectivity index (χ0v) is 14.8. The molecule has 0 aliphatic heterocycles. The number of halogens is 3. The summed E-state index contributed by atoms with van der Waals surface area (Å²) >= 11 is 0. The Kier molecular flexibility index (Phi) is 6.04. The Bertz CT molecular complexity index is 945. The van der Waals surface area contributed by atoms with Gasteiger partial charge in [-0.3, -0.25) is 4.79 Å². The van der Waals surface area contributed by atoms with Gasteiger partial charge in [0, 0.05) is 12.0 Å². The van der Waals surface area contributed by atoms with Gasteiger partial charge >= 0.3 is 12.1 Å². The average molecular weight is 404 g/mol. The molecule has 2 rings (SSSR count). The number of rotatable bonds is 7. The smallest absolute Gasteiger partial charge is 0.433 e. The highest BCUT2D eigenvalue weighted by Gasteiger charge is 2.35. The molecule has 0 saturated heterocycles. The van der Waals surface area contributed by atoms with Crippen molar-refractivity contribution in [1.29, 1.82) is 0 Å². The lowest BCUT2D eigenvalue weighted by molar-refractivity contribution is -0.141. The number of hydrogen-bond donors (Lipinski definition) is 1. The number of carboxylic acids is 1. The van der Waals surface area contributed by atoms with Crippen LogP contribution in [0.5, 0.6) is 5.75 Å². The van der Waals surface area contributed by atoms with Crippen LogP contribution in [0.3, 0.4) is 0 Å². The standard InChI is InChI=1S/C16H15F3N2O5S/c1-26-12-6-3-2-5-10(12)11-9-13(16(17,18)19)21-15(20-11)27(24,25)8-4-7-14(22)23/h2-3,5-6,9H,4,7-8H2,1H3,(H,22,23). The summed E-state index contributed by atoms with van der Waals surface area (Å²) in [5.74, 6) is -1.70. The monoisotopic (exact) mass is 404 g/mol. The van der Waals surface area contributed by atoms with Crippen molar-refractivity contribution < 1.29 is 36.2 Å². The number of alkyl halides is 3. The molecule has 0 radical (unpaired) electrons. The van der Waals surface area contributed by atoms with Crippen molar-refractivity contribution in [2.45, 2.75) is 24.2 Å². The van der Waals surface area contributed by atoms with Gasteiger partial charge in [0.25, 0.3) is 0 Å². The highest BCUT2D eigenvalue weighted by atomic mass is 32.2. The van der Waals surface area contributed by atoms with Gasteiger partial charge in [0.15, 0.2) is 0 Å². The van der Waals surface area contributed by atoms with E-state index in [4.69, 9.17) is 9.84 Å². The molecule has 2 aromatic rings. The molecular weight excluding hydrogens is 389 g/mol. The van der Waals surface area contributed by atoms with Crippen LogP contribution in [-0.2, 0) is 20.8 Å². The molecule has 0 unspecified atom stereocenters. The van der Waals surface area contributed by atoms with E-state index in [1.807, 2.05) is 0 Å². The summed E-state index contributed by atoms with van der Waals surface area (Å²) in [6.45, 7) is 0. The Balaban J connectivity index is 2.57. The lowest BCUT2D eigenvalue weighted by Gasteiger charge is -2.12. The van der Waals surface area contributed by atoms with Gasteiger partial charge in [-0.25, -0.2) is 18.4 Å². The average Bonchev–Trinajstić information content (AvgIpc) is 2.60. The van der Waals surface area contributed by atoms with Gasteiger partial charge in [0.1, 0.15) is 11.4 Å². The third kappa shape index (κ3) is 5.16. The molecule has 7 nitrogen and oxygen atoms in total. The van der Waals surface area contributed by atoms with Crippen LogP contribution in [0.2, 0.25) is 0 Å². The minimum atomic E-state index is -4.90. The zero-order chi connectivity index (χ0) is 20.2. The quantitative estimate of drug-likeness (QED) is 0.707. The Morgan fingerprint density at radius 3 is 2.48 bits per heavy atom. The fourth-order valence-electron chi connectivity index (χ4n) is 2.21. The molecule has 1 heterocycles. The van der Waals surface area contributed by atoms with Crippen LogP contribution in [0.1, 0.15) is 18.5 Å². The second-order valence-corrected chi connectivity index (χ2v) is 7.44. The summed E-state index contributed by atoms with van der Waals surface area (Å²) in [5, 5.41) is 7.58. The van der Waals surface area contributed by atoms with Crippen molar-refractivity contribution in [3.8, 4) is 17.0 Å². The molecule has 0 spiro atoms. The highest BCUT2D eigenvalue weighted by Crippen LogP contribution is 2.34. The van der Waals surface area contributed by atoms with Crippen molar-refractivity contribution >= 4 is 15.8 Å². The summed E-state index contributed by atoms with van der Waals surface area (Å²) in [6.07, 6.45) is -5.62. The van der Waals surface area contributed by atoms with Crippen molar-refractivity contribution in [3.63, 3.8) is 0 Å². The summed E-state index contributed by atoms with van der Waals surface area (Å²) in [6, 6.07) is 6.69. The Morgan fingerprint density at radius 1 is 1.22 bits per heavy atom. The largest absolute Gasteiger partial charge is 0.496 e. The molecule has 0 bridgehead atoms. The highest BCUT2D eigenvalue weighted by molar-refractivity contribution is 7.91. The Labute approximate surface area is 152 Å². The predicted molar refractivity (Wildman–Crippen MR) is 87.9 cm³/mol. The molecule has 27 heavy (non-hydrogen) atoms. The maximum Gasteiger partial charge on any atom is 0.433 e. The summed E-state index contributed by atoms with van der Waals surface area (Å²) < 4.78 is 69.3. The first-order chi connectivity index (χ1) is 12.5. The van der Waals surface area contributed by atoms with Crippen molar-refractivity contribution in [1.82, 2.24) is 9.97 Å². The summed E-state index contributed by atoms with van der Waals surface area (Å²) in [5.41, 5.74) is -1.53. The molecule has 0 aliphatic carbocycles. The van der Waals surface area contributed by atoms with Gasteiger partial charge in [-0.05, 0) is 24.6 Å². The maximum absolute atomic E-state index is 13.2. The number of sulfone groups is 1. The van der Waals surface area contributed by atoms with Crippen LogP contribution in [0.4, 0.5) is 13.2 Å². The molecular formula is C16H15F3N2O5S. The molecule has 0 saturated carbocycles. The molecule has 0 atom stereocenters. The van der Waals surface area contributed by atoms with Crippen molar-refractivity contribution in [2.75, 3.05) is 12.9 Å². The number of carboxylic acid groups (broad SMARTS) is 1. The maximum atomic E-state index is 13.2. The second-order valence-electron chi connectivity index (χ2n) is 5.44. The topological polar surface area (TPSA) is 106 Å². The number of carbonyl (C=O) groups is 1. The fourth-order valence-corrected chi connectivity index (χ4v) is 3.39. The summed E-state index contributed by atoms with van der Waals surface area (Å²) in [7, 11) is -3.00. The molecule has 0 aliphatic rings. The normalized spacial score (nSPS) is 12.0. The van der Waals surface area contributed by atoms with Crippen molar-refractivity contribution in [3.05, 3.63) is 36.0 Å². The van der Waals surface area contributed by atoms with Crippen LogP contribution >= 0.6 is 0 Å². The molecule has 1 N–H and O–H groups in total. The van der Waals surface area contributed by atoms with E-state index in [1.54, 1.807) is 6.07 Å². The first-order valence-electron chi connectivity index (χ1n) is 7.59. The van der Waals surface area contributed by atoms with E-state index in [-0.39, 0.29) is 23.4 Å². The minimum Gasteiger partial charge on any atom is -0.496 e. The number of aliphatic carboxylic acids is 1. The van der Waals surface area contributed by atoms with E-state index in [0.717, 1.165) is 0 Å². The van der Waals surface area contributed by atoms with Gasteiger partial charge in [0.2, 0.25) is 15.0 Å². The van der Waals surface area contributed by atoms with E-state index < -0.39 is 45.0 Å². The molecule has 11 heteroatoms. The van der Waals surface area contributed by atoms with Crippen LogP contribution in [-0.4, -0.2) is 42.3 Å². The molecule has 1 aromatic carbocycles. The first-order valence-corrected chi connectivity index (χ1v) is 9.24. The molecule has 0 fully saturated rings. The van der Waals surface area contributed by atoms with Gasteiger partial charge < -0.3 is 9.84 Å². The van der Waals surface area contributed by atoms with Crippen LogP contribution in [0, 0.1) is 0 Å². The molecule has 146 valence electrons. The minimum absolute atomic E-state index is 0.162. The number of aromatic nitrogens is 2. The van der Waals surface area contributed by atoms with E-state index in [2.05, 4.69) is 9.97 Å². The van der Waals surface area contributed by atoms with Gasteiger partial charge in [-0.2, -0.15) is 13.2 Å². The number of ether oxygens (including phenoxy) is 1. The third-order valence-corrected chi connectivity index (χ3v) is 5.03. The number of methoxy groups -OCH3 is 1. The van der Waals surface area contributed by atoms with E-state index in [1.165, 1.54) is 25.3 Å².